The van der Waals surface area contributed by atoms with Crippen LogP contribution in [0.5, 0.6) is 5.75 Å². The minimum atomic E-state index is -0.390. The van der Waals surface area contributed by atoms with E-state index in [1.165, 1.54) is 6.07 Å². The zero-order valence-electron chi connectivity index (χ0n) is 17.0. The molecule has 0 spiro atoms. The van der Waals surface area contributed by atoms with Gasteiger partial charge in [-0.3, -0.25) is 4.79 Å². The number of carbonyl (C=O) groups is 1. The Kier molecular flexibility index (Phi) is 5.53. The van der Waals surface area contributed by atoms with Crippen molar-refractivity contribution < 1.29 is 13.9 Å². The summed E-state index contributed by atoms with van der Waals surface area (Å²) >= 11 is 0. The minimum Gasteiger partial charge on any atom is -0.484 e. The fourth-order valence-corrected chi connectivity index (χ4v) is 3.59. The third kappa shape index (κ3) is 4.20. The topological polar surface area (TPSA) is 68.5 Å². The number of hydrogen-bond donors (Lipinski definition) is 1. The van der Waals surface area contributed by atoms with Gasteiger partial charge in [0.1, 0.15) is 11.3 Å². The summed E-state index contributed by atoms with van der Waals surface area (Å²) in [5, 5.41) is 6.13. The molecular weight excluding hydrogens is 378 g/mol. The van der Waals surface area contributed by atoms with Crippen LogP contribution >= 0.6 is 0 Å². The third-order valence-electron chi connectivity index (χ3n) is 5.20. The molecule has 5 nitrogen and oxygen atoms in total. The second-order valence-corrected chi connectivity index (χ2v) is 7.29. The maximum Gasteiger partial charge on any atom is 0.336 e. The molecule has 0 saturated carbocycles. The molecular formula is C25H23NO4. The maximum atomic E-state index is 12.4. The predicted octanol–water partition coefficient (Wildman–Crippen LogP) is 4.76. The lowest BCUT2D eigenvalue weighted by molar-refractivity contribution is -0.123. The Labute approximate surface area is 174 Å². The Balaban J connectivity index is 1.42. The number of hydrogen-bond acceptors (Lipinski definition) is 4. The van der Waals surface area contributed by atoms with Crippen LogP contribution in [0, 0.1) is 0 Å². The van der Waals surface area contributed by atoms with Gasteiger partial charge in [0.2, 0.25) is 0 Å². The summed E-state index contributed by atoms with van der Waals surface area (Å²) in [6.07, 6.45) is 0.734. The molecule has 0 bridgehead atoms. The molecule has 1 amide bonds. The van der Waals surface area contributed by atoms with Crippen LogP contribution in [0.15, 0.2) is 75.9 Å². The molecule has 0 unspecified atom stereocenters. The van der Waals surface area contributed by atoms with Gasteiger partial charge in [0.05, 0.1) is 6.04 Å². The number of carbonyl (C=O) groups excluding carboxylic acids is 1. The molecule has 3 aromatic carbocycles. The van der Waals surface area contributed by atoms with E-state index >= 15 is 0 Å². The van der Waals surface area contributed by atoms with Gasteiger partial charge in [-0.15, -0.1) is 0 Å². The maximum absolute atomic E-state index is 12.4. The van der Waals surface area contributed by atoms with Crippen LogP contribution in [-0.2, 0) is 11.2 Å². The highest BCUT2D eigenvalue weighted by Gasteiger charge is 2.12. The van der Waals surface area contributed by atoms with Crippen molar-refractivity contribution in [2.75, 3.05) is 6.61 Å². The monoisotopic (exact) mass is 401 g/mol. The van der Waals surface area contributed by atoms with Gasteiger partial charge in [-0.1, -0.05) is 43.3 Å². The molecule has 5 heteroatoms. The lowest BCUT2D eigenvalue weighted by Gasteiger charge is -2.15. The molecule has 1 aromatic heterocycles. The van der Waals surface area contributed by atoms with Crippen molar-refractivity contribution in [1.82, 2.24) is 5.32 Å². The van der Waals surface area contributed by atoms with Gasteiger partial charge in [0, 0.05) is 17.5 Å². The van der Waals surface area contributed by atoms with E-state index in [0.29, 0.717) is 11.3 Å². The van der Waals surface area contributed by atoms with Gasteiger partial charge in [0.25, 0.3) is 5.91 Å². The van der Waals surface area contributed by atoms with Gasteiger partial charge < -0.3 is 14.5 Å². The van der Waals surface area contributed by atoms with Crippen molar-refractivity contribution in [2.24, 2.45) is 0 Å². The van der Waals surface area contributed by atoms with E-state index < -0.39 is 5.63 Å². The number of fused-ring (bicyclic) bond motifs is 2. The van der Waals surface area contributed by atoms with Crippen LogP contribution in [0.2, 0.25) is 0 Å². The van der Waals surface area contributed by atoms with Crippen LogP contribution in [0.3, 0.4) is 0 Å². The van der Waals surface area contributed by atoms with E-state index in [2.05, 4.69) is 29.6 Å². The standard InChI is InChI=1S/C25H23NO4/c1-3-17-13-25(28)30-23-14-21(10-11-22(17)23)29-15-24(27)26-16(2)19-9-8-18-6-4-5-7-20(18)12-19/h4-14,16H,3,15H2,1-2H3,(H,26,27)/t16-/m0/s1. The first-order chi connectivity index (χ1) is 14.5. The number of amides is 1. The molecule has 0 saturated heterocycles. The molecule has 0 aliphatic heterocycles. The normalized spacial score (nSPS) is 12.1. The Morgan fingerprint density at radius 1 is 1.03 bits per heavy atom. The summed E-state index contributed by atoms with van der Waals surface area (Å²) in [5.74, 6) is 0.256. The Bertz CT molecular complexity index is 1280. The van der Waals surface area contributed by atoms with Crippen LogP contribution in [0.4, 0.5) is 0 Å². The van der Waals surface area contributed by atoms with Crippen molar-refractivity contribution in [3.05, 3.63) is 88.3 Å². The summed E-state index contributed by atoms with van der Waals surface area (Å²) in [5.41, 5.74) is 2.02. The number of benzene rings is 3. The highest BCUT2D eigenvalue weighted by molar-refractivity contribution is 5.84. The average Bonchev–Trinajstić information content (AvgIpc) is 2.76. The van der Waals surface area contributed by atoms with Gasteiger partial charge >= 0.3 is 5.63 Å². The predicted molar refractivity (Wildman–Crippen MR) is 118 cm³/mol. The molecule has 1 atom stereocenters. The van der Waals surface area contributed by atoms with E-state index in [1.807, 2.05) is 38.1 Å². The van der Waals surface area contributed by atoms with E-state index in [9.17, 15) is 9.59 Å². The molecule has 0 fully saturated rings. The largest absolute Gasteiger partial charge is 0.484 e. The van der Waals surface area contributed by atoms with E-state index in [1.54, 1.807) is 12.1 Å². The van der Waals surface area contributed by atoms with E-state index in [0.717, 1.165) is 33.7 Å². The fraction of sp³-hybridized carbons (Fsp3) is 0.200. The fourth-order valence-electron chi connectivity index (χ4n) is 3.59. The van der Waals surface area contributed by atoms with E-state index in [4.69, 9.17) is 9.15 Å². The molecule has 152 valence electrons. The first-order valence-electron chi connectivity index (χ1n) is 10.0. The highest BCUT2D eigenvalue weighted by Crippen LogP contribution is 2.23. The number of ether oxygens (including phenoxy) is 1. The summed E-state index contributed by atoms with van der Waals surface area (Å²) < 4.78 is 10.9. The van der Waals surface area contributed by atoms with Crippen molar-refractivity contribution in [3.63, 3.8) is 0 Å². The summed E-state index contributed by atoms with van der Waals surface area (Å²) in [6, 6.07) is 20.9. The van der Waals surface area contributed by atoms with Crippen LogP contribution in [0.25, 0.3) is 21.7 Å². The highest BCUT2D eigenvalue weighted by atomic mass is 16.5. The number of rotatable bonds is 6. The lowest BCUT2D eigenvalue weighted by atomic mass is 10.0. The summed E-state index contributed by atoms with van der Waals surface area (Å²) in [7, 11) is 0. The zero-order valence-corrected chi connectivity index (χ0v) is 17.0. The molecule has 4 rings (SSSR count). The van der Waals surface area contributed by atoms with Gasteiger partial charge in [-0.05, 0) is 53.4 Å². The van der Waals surface area contributed by atoms with E-state index in [-0.39, 0.29) is 18.6 Å². The number of nitrogens with one attached hydrogen (secondary N) is 1. The van der Waals surface area contributed by atoms with Gasteiger partial charge in [-0.25, -0.2) is 4.79 Å². The second kappa shape index (κ2) is 8.41. The van der Waals surface area contributed by atoms with Crippen molar-refractivity contribution in [2.45, 2.75) is 26.3 Å². The molecule has 0 aliphatic carbocycles. The molecule has 4 aromatic rings. The van der Waals surface area contributed by atoms with Crippen LogP contribution in [0.1, 0.15) is 31.0 Å². The minimum absolute atomic E-state index is 0.124. The van der Waals surface area contributed by atoms with Crippen molar-refractivity contribution in [1.29, 1.82) is 0 Å². The quantitative estimate of drug-likeness (QED) is 0.473. The average molecular weight is 401 g/mol. The molecule has 0 aliphatic rings. The van der Waals surface area contributed by atoms with Gasteiger partial charge in [-0.2, -0.15) is 0 Å². The lowest BCUT2D eigenvalue weighted by Crippen LogP contribution is -2.31. The molecule has 0 radical (unpaired) electrons. The zero-order chi connectivity index (χ0) is 21.1. The van der Waals surface area contributed by atoms with Gasteiger partial charge in [0.15, 0.2) is 6.61 Å². The van der Waals surface area contributed by atoms with Crippen molar-refractivity contribution >= 4 is 27.6 Å². The summed E-state index contributed by atoms with van der Waals surface area (Å²) in [6.45, 7) is 3.81. The SMILES string of the molecule is CCc1cc(=O)oc2cc(OCC(=O)N[C@@H](C)c3ccc4ccccc4c3)ccc12. The number of aryl methyl sites for hydroxylation is 1. The third-order valence-corrected chi connectivity index (χ3v) is 5.20. The van der Waals surface area contributed by atoms with Crippen molar-refractivity contribution in [3.8, 4) is 5.75 Å². The first kappa shape index (κ1) is 19.7. The second-order valence-electron chi connectivity index (χ2n) is 7.29. The first-order valence-corrected chi connectivity index (χ1v) is 10.0. The van der Waals surface area contributed by atoms with Crippen LogP contribution < -0.4 is 15.7 Å². The Morgan fingerprint density at radius 3 is 2.63 bits per heavy atom. The Hall–Kier alpha value is -3.60. The molecule has 1 heterocycles. The Morgan fingerprint density at radius 2 is 1.83 bits per heavy atom. The molecule has 1 N–H and O–H groups in total. The molecule has 30 heavy (non-hydrogen) atoms. The smallest absolute Gasteiger partial charge is 0.336 e. The van der Waals surface area contributed by atoms with Crippen LogP contribution in [-0.4, -0.2) is 12.5 Å². The summed E-state index contributed by atoms with van der Waals surface area (Å²) in [4.78, 5) is 24.1.